The second kappa shape index (κ2) is 9.66. The number of hydrogen-bond acceptors (Lipinski definition) is 5. The number of rotatable bonds is 8. The van der Waals surface area contributed by atoms with Crippen LogP contribution >= 0.6 is 23.7 Å². The molecule has 0 bridgehead atoms. The first-order valence-corrected chi connectivity index (χ1v) is 10.9. The quantitative estimate of drug-likeness (QED) is 0.586. The van der Waals surface area contributed by atoms with Gasteiger partial charge in [-0.05, 0) is 72.1 Å². The number of halogens is 1. The van der Waals surface area contributed by atoms with Gasteiger partial charge in [0.1, 0.15) is 0 Å². The van der Waals surface area contributed by atoms with E-state index in [1.54, 1.807) is 11.3 Å². The molecule has 0 unspecified atom stereocenters. The van der Waals surface area contributed by atoms with Crippen molar-refractivity contribution in [3.63, 3.8) is 0 Å². The third kappa shape index (κ3) is 5.32. The van der Waals surface area contributed by atoms with Gasteiger partial charge < -0.3 is 4.74 Å². The summed E-state index contributed by atoms with van der Waals surface area (Å²) in [5, 5.41) is 3.41. The molecule has 1 aliphatic rings. The zero-order chi connectivity index (χ0) is 19.5. The Morgan fingerprint density at radius 2 is 2.04 bits per heavy atom. The summed E-state index contributed by atoms with van der Waals surface area (Å²) in [4.78, 5) is 11.8. The molecule has 4 nitrogen and oxygen atoms in total. The lowest BCUT2D eigenvalue weighted by Gasteiger charge is -2.38. The van der Waals surface area contributed by atoms with Gasteiger partial charge in [-0.25, -0.2) is 4.98 Å². The minimum Gasteiger partial charge on any atom is -0.381 e. The van der Waals surface area contributed by atoms with Gasteiger partial charge in [-0.2, -0.15) is 0 Å². The maximum absolute atomic E-state index is 5.94. The molecule has 28 heavy (non-hydrogen) atoms. The van der Waals surface area contributed by atoms with E-state index in [-0.39, 0.29) is 23.4 Å². The molecule has 1 atom stereocenters. The van der Waals surface area contributed by atoms with E-state index in [0.717, 1.165) is 50.5 Å². The number of nitrogens with zero attached hydrogens (tertiary/aromatic N) is 3. The predicted octanol–water partition coefficient (Wildman–Crippen LogP) is 5.17. The largest absolute Gasteiger partial charge is 0.381 e. The number of thiazole rings is 1. The molecule has 2 aromatic heterocycles. The highest BCUT2D eigenvalue weighted by atomic mass is 35.5. The summed E-state index contributed by atoms with van der Waals surface area (Å²) >= 11 is 1.79. The van der Waals surface area contributed by atoms with Gasteiger partial charge >= 0.3 is 0 Å². The van der Waals surface area contributed by atoms with Crippen molar-refractivity contribution >= 4 is 23.7 Å². The Labute approximate surface area is 180 Å². The van der Waals surface area contributed by atoms with Crippen molar-refractivity contribution in [1.82, 2.24) is 14.9 Å². The highest BCUT2D eigenvalue weighted by molar-refractivity contribution is 7.09. The number of aryl methyl sites for hydroxylation is 3. The molecule has 3 heterocycles. The predicted molar refractivity (Wildman–Crippen MR) is 120 cm³/mol. The van der Waals surface area contributed by atoms with Crippen LogP contribution in [0.2, 0.25) is 0 Å². The number of ether oxygens (including phenoxy) is 1. The van der Waals surface area contributed by atoms with Crippen LogP contribution in [0, 0.1) is 19.3 Å². The van der Waals surface area contributed by atoms with Crippen molar-refractivity contribution in [2.75, 3.05) is 26.3 Å². The second-order valence-corrected chi connectivity index (χ2v) is 9.38. The van der Waals surface area contributed by atoms with Gasteiger partial charge in [0.2, 0.25) is 0 Å². The number of hydrogen-bond donors (Lipinski definition) is 0. The van der Waals surface area contributed by atoms with Gasteiger partial charge in [0.25, 0.3) is 0 Å². The summed E-state index contributed by atoms with van der Waals surface area (Å²) in [6.07, 6.45) is 5.40. The van der Waals surface area contributed by atoms with E-state index in [1.165, 1.54) is 17.0 Å². The molecule has 0 spiro atoms. The first kappa shape index (κ1) is 23.3. The standard InChI is InChI=1S/C22H33N3OS.ClH/c1-6-26-16-22(10-9-20-24-18(3)14-27-20)11-12-25(15-22)21(4,5)19-8-7-17(2)23-13-19;/h7-8,13-14H,6,9-12,15-16H2,1-5H3;1H/t22-;/m0./s1. The van der Waals surface area contributed by atoms with E-state index >= 15 is 0 Å². The first-order chi connectivity index (χ1) is 12.8. The fraction of sp³-hybridized carbons (Fsp3) is 0.636. The minimum absolute atomic E-state index is 0. The van der Waals surface area contributed by atoms with Crippen LogP contribution in [0.25, 0.3) is 0 Å². The van der Waals surface area contributed by atoms with E-state index in [2.05, 4.69) is 60.1 Å². The molecular weight excluding hydrogens is 390 g/mol. The summed E-state index contributed by atoms with van der Waals surface area (Å²) < 4.78 is 5.94. The van der Waals surface area contributed by atoms with Crippen LogP contribution in [-0.2, 0) is 16.7 Å². The molecule has 1 fully saturated rings. The van der Waals surface area contributed by atoms with Gasteiger partial charge in [0.05, 0.1) is 11.6 Å². The van der Waals surface area contributed by atoms with Gasteiger partial charge in [-0.3, -0.25) is 9.88 Å². The number of likely N-dealkylation sites (tertiary alicyclic amines) is 1. The minimum atomic E-state index is -0.0214. The van der Waals surface area contributed by atoms with Crippen LogP contribution in [0.15, 0.2) is 23.7 Å². The lowest BCUT2D eigenvalue weighted by Crippen LogP contribution is -2.42. The maximum atomic E-state index is 5.94. The average molecular weight is 424 g/mol. The SMILES string of the molecule is CCOC[C@@]1(CCc2nc(C)cs2)CCN(C(C)(C)c2ccc(C)nc2)C1.Cl. The zero-order valence-electron chi connectivity index (χ0n) is 17.8. The van der Waals surface area contributed by atoms with Gasteiger partial charge in [-0.1, -0.05) is 6.07 Å². The van der Waals surface area contributed by atoms with E-state index in [4.69, 9.17) is 4.74 Å². The Morgan fingerprint density at radius 1 is 1.25 bits per heavy atom. The lowest BCUT2D eigenvalue weighted by molar-refractivity contribution is 0.0384. The van der Waals surface area contributed by atoms with Gasteiger partial charge in [-0.15, -0.1) is 23.7 Å². The van der Waals surface area contributed by atoms with Gasteiger partial charge in [0.15, 0.2) is 0 Å². The highest BCUT2D eigenvalue weighted by Crippen LogP contribution is 2.41. The molecule has 0 saturated carbocycles. The van der Waals surface area contributed by atoms with Crippen molar-refractivity contribution in [3.8, 4) is 0 Å². The van der Waals surface area contributed by atoms with Crippen LogP contribution < -0.4 is 0 Å². The topological polar surface area (TPSA) is 38.2 Å². The summed E-state index contributed by atoms with van der Waals surface area (Å²) in [6, 6.07) is 4.34. The van der Waals surface area contributed by atoms with Crippen molar-refractivity contribution in [3.05, 3.63) is 45.7 Å². The normalized spacial score (nSPS) is 20.3. The number of pyridine rings is 1. The molecule has 156 valence electrons. The first-order valence-electron chi connectivity index (χ1n) is 10.0. The average Bonchev–Trinajstić information content (AvgIpc) is 3.26. The molecule has 3 rings (SSSR count). The molecule has 0 aliphatic carbocycles. The Bertz CT molecular complexity index is 746. The third-order valence-corrected chi connectivity index (χ3v) is 7.02. The monoisotopic (exact) mass is 423 g/mol. The Kier molecular flexibility index (Phi) is 8.03. The summed E-state index contributed by atoms with van der Waals surface area (Å²) in [6.45, 7) is 14.6. The van der Waals surface area contributed by atoms with Crippen molar-refractivity contribution < 1.29 is 4.74 Å². The third-order valence-electron chi connectivity index (χ3n) is 5.99. The van der Waals surface area contributed by atoms with Crippen LogP contribution in [0.1, 0.15) is 55.6 Å². The molecule has 0 aromatic carbocycles. The second-order valence-electron chi connectivity index (χ2n) is 8.44. The van der Waals surface area contributed by atoms with Gasteiger partial charge in [0, 0.05) is 47.1 Å². The van der Waals surface area contributed by atoms with Crippen LogP contribution in [0.3, 0.4) is 0 Å². The highest BCUT2D eigenvalue weighted by Gasteiger charge is 2.43. The van der Waals surface area contributed by atoms with Crippen LogP contribution in [0.4, 0.5) is 0 Å². The number of aromatic nitrogens is 2. The molecule has 1 aliphatic heterocycles. The molecule has 0 amide bonds. The van der Waals surface area contributed by atoms with Crippen LogP contribution in [0.5, 0.6) is 0 Å². The smallest absolute Gasteiger partial charge is 0.0928 e. The van der Waals surface area contributed by atoms with Crippen molar-refractivity contribution in [2.45, 2.75) is 59.4 Å². The molecule has 0 radical (unpaired) electrons. The Balaban J connectivity index is 0.00000280. The van der Waals surface area contributed by atoms with E-state index in [1.807, 2.05) is 13.1 Å². The fourth-order valence-corrected chi connectivity index (χ4v) is 4.80. The summed E-state index contributed by atoms with van der Waals surface area (Å²) in [5.74, 6) is 0. The van der Waals surface area contributed by atoms with E-state index in [9.17, 15) is 0 Å². The van der Waals surface area contributed by atoms with Crippen LogP contribution in [-0.4, -0.2) is 41.2 Å². The lowest BCUT2D eigenvalue weighted by atomic mass is 9.83. The maximum Gasteiger partial charge on any atom is 0.0928 e. The zero-order valence-corrected chi connectivity index (χ0v) is 19.5. The van der Waals surface area contributed by atoms with E-state index in [0.29, 0.717) is 0 Å². The summed E-state index contributed by atoms with van der Waals surface area (Å²) in [7, 11) is 0. The van der Waals surface area contributed by atoms with Crippen molar-refractivity contribution in [1.29, 1.82) is 0 Å². The Morgan fingerprint density at radius 3 is 2.64 bits per heavy atom. The fourth-order valence-electron chi connectivity index (χ4n) is 4.03. The Hall–Kier alpha value is -1.01. The molecule has 2 aromatic rings. The van der Waals surface area contributed by atoms with Crippen molar-refractivity contribution in [2.24, 2.45) is 5.41 Å². The van der Waals surface area contributed by atoms with E-state index < -0.39 is 0 Å². The molecule has 0 N–H and O–H groups in total. The molecular formula is C22H34ClN3OS. The molecule has 1 saturated heterocycles. The summed E-state index contributed by atoms with van der Waals surface area (Å²) in [5.41, 5.74) is 3.68. The molecule has 6 heteroatoms.